The number of para-hydroxylation sites is 1. The Labute approximate surface area is 142 Å². The first-order valence-electron chi connectivity index (χ1n) is 7.67. The maximum Gasteiger partial charge on any atom is 0.257 e. The molecule has 5 heteroatoms. The van der Waals surface area contributed by atoms with E-state index in [0.717, 1.165) is 0 Å². The van der Waals surface area contributed by atoms with Gasteiger partial charge in [-0.15, -0.1) is 0 Å². The molecule has 0 saturated carbocycles. The summed E-state index contributed by atoms with van der Waals surface area (Å²) in [5.74, 6) is 0.208. The average molecular weight is 326 g/mol. The van der Waals surface area contributed by atoms with E-state index in [-0.39, 0.29) is 11.8 Å². The van der Waals surface area contributed by atoms with Crippen molar-refractivity contribution >= 4 is 23.2 Å². The van der Waals surface area contributed by atoms with Crippen LogP contribution in [-0.4, -0.2) is 18.9 Å². The molecule has 5 nitrogen and oxygen atoms in total. The zero-order chi connectivity index (χ0) is 17.7. The fraction of sp³-hybridized carbons (Fsp3) is 0.263. The lowest BCUT2D eigenvalue weighted by Crippen LogP contribution is -2.28. The Morgan fingerprint density at radius 3 is 2.33 bits per heavy atom. The molecule has 0 fully saturated rings. The lowest BCUT2D eigenvalue weighted by atomic mass is 9.95. The van der Waals surface area contributed by atoms with Gasteiger partial charge in [0.2, 0.25) is 5.91 Å². The third-order valence-corrected chi connectivity index (χ3v) is 3.43. The maximum atomic E-state index is 12.6. The Morgan fingerprint density at radius 1 is 0.958 bits per heavy atom. The number of anilines is 2. The van der Waals surface area contributed by atoms with E-state index >= 15 is 0 Å². The summed E-state index contributed by atoms with van der Waals surface area (Å²) in [5, 5.41) is 5.63. The van der Waals surface area contributed by atoms with Gasteiger partial charge in [-0.3, -0.25) is 9.59 Å². The maximum absolute atomic E-state index is 12.6. The number of ether oxygens (including phenoxy) is 1. The molecule has 0 aromatic heterocycles. The van der Waals surface area contributed by atoms with Crippen molar-refractivity contribution in [1.82, 2.24) is 0 Å². The van der Waals surface area contributed by atoms with Crippen LogP contribution in [0.25, 0.3) is 0 Å². The van der Waals surface area contributed by atoms with E-state index in [1.165, 1.54) is 0 Å². The Hall–Kier alpha value is -2.82. The molecular weight excluding hydrogens is 304 g/mol. The van der Waals surface area contributed by atoms with Crippen molar-refractivity contribution in [3.05, 3.63) is 54.1 Å². The molecule has 0 spiro atoms. The van der Waals surface area contributed by atoms with Crippen LogP contribution in [-0.2, 0) is 4.79 Å². The van der Waals surface area contributed by atoms with Crippen molar-refractivity contribution in [3.63, 3.8) is 0 Å². The number of nitrogens with one attached hydrogen (secondary N) is 2. The SMILES string of the molecule is COc1cccc(NC(=O)c2ccccc2NC(=O)C(C)(C)C)c1. The predicted octanol–water partition coefficient (Wildman–Crippen LogP) is 3.93. The van der Waals surface area contributed by atoms with Crippen molar-refractivity contribution in [3.8, 4) is 5.75 Å². The van der Waals surface area contributed by atoms with Gasteiger partial charge in [0.05, 0.1) is 18.4 Å². The Bertz CT molecular complexity index is 748. The zero-order valence-corrected chi connectivity index (χ0v) is 14.3. The molecule has 2 rings (SSSR count). The Kier molecular flexibility index (Phi) is 5.24. The third kappa shape index (κ3) is 4.35. The normalized spacial score (nSPS) is 10.8. The summed E-state index contributed by atoms with van der Waals surface area (Å²) in [6, 6.07) is 14.0. The Balaban J connectivity index is 2.22. The largest absolute Gasteiger partial charge is 0.497 e. The topological polar surface area (TPSA) is 67.4 Å². The van der Waals surface area contributed by atoms with Gasteiger partial charge >= 0.3 is 0 Å². The molecule has 0 radical (unpaired) electrons. The quantitative estimate of drug-likeness (QED) is 0.894. The van der Waals surface area contributed by atoms with Crippen molar-refractivity contribution in [2.24, 2.45) is 5.41 Å². The van der Waals surface area contributed by atoms with E-state index in [1.54, 1.807) is 55.6 Å². The van der Waals surface area contributed by atoms with Crippen LogP contribution in [0, 0.1) is 5.41 Å². The second-order valence-electron chi connectivity index (χ2n) is 6.44. The van der Waals surface area contributed by atoms with Gasteiger partial charge in [-0.2, -0.15) is 0 Å². The van der Waals surface area contributed by atoms with Gasteiger partial charge in [0.15, 0.2) is 0 Å². The summed E-state index contributed by atoms with van der Waals surface area (Å²) in [6.07, 6.45) is 0. The first-order chi connectivity index (χ1) is 11.3. The van der Waals surface area contributed by atoms with Crippen LogP contribution in [0.1, 0.15) is 31.1 Å². The van der Waals surface area contributed by atoms with Crippen LogP contribution < -0.4 is 15.4 Å². The van der Waals surface area contributed by atoms with Gasteiger partial charge in [-0.05, 0) is 24.3 Å². The number of amides is 2. The molecule has 0 heterocycles. The van der Waals surface area contributed by atoms with E-state index in [1.807, 2.05) is 20.8 Å². The molecule has 2 N–H and O–H groups in total. The van der Waals surface area contributed by atoms with Gasteiger partial charge in [-0.1, -0.05) is 39.0 Å². The summed E-state index contributed by atoms with van der Waals surface area (Å²) in [5.41, 5.74) is 0.961. The van der Waals surface area contributed by atoms with Crippen LogP contribution in [0.4, 0.5) is 11.4 Å². The highest BCUT2D eigenvalue weighted by Crippen LogP contribution is 2.22. The average Bonchev–Trinajstić information content (AvgIpc) is 2.54. The van der Waals surface area contributed by atoms with Gasteiger partial charge in [0.25, 0.3) is 5.91 Å². The second kappa shape index (κ2) is 7.17. The summed E-state index contributed by atoms with van der Waals surface area (Å²) in [7, 11) is 1.57. The molecule has 2 aromatic carbocycles. The molecule has 2 amide bonds. The summed E-state index contributed by atoms with van der Waals surface area (Å²) < 4.78 is 5.15. The number of hydrogen-bond acceptors (Lipinski definition) is 3. The zero-order valence-electron chi connectivity index (χ0n) is 14.3. The first-order valence-corrected chi connectivity index (χ1v) is 7.67. The minimum absolute atomic E-state index is 0.149. The summed E-state index contributed by atoms with van der Waals surface area (Å²) in [4.78, 5) is 24.8. The minimum Gasteiger partial charge on any atom is -0.497 e. The smallest absolute Gasteiger partial charge is 0.257 e. The van der Waals surface area contributed by atoms with Gasteiger partial charge in [-0.25, -0.2) is 0 Å². The summed E-state index contributed by atoms with van der Waals surface area (Å²) in [6.45, 7) is 5.46. The highest BCUT2D eigenvalue weighted by molar-refractivity contribution is 6.10. The molecule has 2 aromatic rings. The second-order valence-corrected chi connectivity index (χ2v) is 6.44. The van der Waals surface area contributed by atoms with Crippen molar-refractivity contribution in [1.29, 1.82) is 0 Å². The molecule has 0 aliphatic rings. The van der Waals surface area contributed by atoms with Crippen LogP contribution >= 0.6 is 0 Å². The highest BCUT2D eigenvalue weighted by atomic mass is 16.5. The lowest BCUT2D eigenvalue weighted by Gasteiger charge is -2.19. The number of methoxy groups -OCH3 is 1. The Morgan fingerprint density at radius 2 is 1.67 bits per heavy atom. The van der Waals surface area contributed by atoms with E-state index in [9.17, 15) is 9.59 Å². The van der Waals surface area contributed by atoms with Crippen molar-refractivity contribution in [2.45, 2.75) is 20.8 Å². The predicted molar refractivity (Wildman–Crippen MR) is 95.5 cm³/mol. The lowest BCUT2D eigenvalue weighted by molar-refractivity contribution is -0.123. The van der Waals surface area contributed by atoms with Gasteiger partial charge < -0.3 is 15.4 Å². The molecule has 126 valence electrons. The molecule has 0 saturated heterocycles. The summed E-state index contributed by atoms with van der Waals surface area (Å²) >= 11 is 0. The van der Waals surface area contributed by atoms with E-state index in [0.29, 0.717) is 22.7 Å². The van der Waals surface area contributed by atoms with E-state index in [4.69, 9.17) is 4.74 Å². The molecule has 24 heavy (non-hydrogen) atoms. The molecule has 0 atom stereocenters. The third-order valence-electron chi connectivity index (χ3n) is 3.43. The number of rotatable bonds is 4. The monoisotopic (exact) mass is 326 g/mol. The molecule has 0 aliphatic carbocycles. The number of carbonyl (C=O) groups is 2. The molecule has 0 bridgehead atoms. The van der Waals surface area contributed by atoms with Gasteiger partial charge in [0.1, 0.15) is 5.75 Å². The number of benzene rings is 2. The van der Waals surface area contributed by atoms with Crippen molar-refractivity contribution in [2.75, 3.05) is 17.7 Å². The van der Waals surface area contributed by atoms with Gasteiger partial charge in [0, 0.05) is 17.2 Å². The van der Waals surface area contributed by atoms with Crippen molar-refractivity contribution < 1.29 is 14.3 Å². The molecule has 0 unspecified atom stereocenters. The van der Waals surface area contributed by atoms with Crippen LogP contribution in [0.5, 0.6) is 5.75 Å². The molecule has 0 aliphatic heterocycles. The molecular formula is C19H22N2O3. The van der Waals surface area contributed by atoms with Crippen LogP contribution in [0.15, 0.2) is 48.5 Å². The van der Waals surface area contributed by atoms with E-state index < -0.39 is 5.41 Å². The fourth-order valence-electron chi connectivity index (χ4n) is 2.00. The fourth-order valence-corrected chi connectivity index (χ4v) is 2.00. The minimum atomic E-state index is -0.545. The number of hydrogen-bond donors (Lipinski definition) is 2. The first kappa shape index (κ1) is 17.5. The van der Waals surface area contributed by atoms with Crippen LogP contribution in [0.3, 0.4) is 0 Å². The number of carbonyl (C=O) groups excluding carboxylic acids is 2. The van der Waals surface area contributed by atoms with Crippen LogP contribution in [0.2, 0.25) is 0 Å². The standard InChI is InChI=1S/C19H22N2O3/c1-19(2,3)18(23)21-16-11-6-5-10-15(16)17(22)20-13-8-7-9-14(12-13)24-4/h5-12H,1-4H3,(H,20,22)(H,21,23). The van der Waals surface area contributed by atoms with E-state index in [2.05, 4.69) is 10.6 Å². The highest BCUT2D eigenvalue weighted by Gasteiger charge is 2.23.